The summed E-state index contributed by atoms with van der Waals surface area (Å²) in [5, 5.41) is 0. The van der Waals surface area contributed by atoms with Gasteiger partial charge in [-0.15, -0.1) is 0 Å². The van der Waals surface area contributed by atoms with Gasteiger partial charge in [-0.05, 0) is 50.8 Å². The van der Waals surface area contributed by atoms with E-state index in [0.29, 0.717) is 5.92 Å². The Hall–Kier alpha value is -0.910. The van der Waals surface area contributed by atoms with Crippen LogP contribution >= 0.6 is 0 Å². The molecular formula is C14H23NO3S. The molecule has 0 spiro atoms. The fraction of sp³-hybridized carbons (Fsp3) is 0.571. The summed E-state index contributed by atoms with van der Waals surface area (Å²) < 4.78 is 24.0. The summed E-state index contributed by atoms with van der Waals surface area (Å²) in [6.07, 6.45) is 1.03. The van der Waals surface area contributed by atoms with Crippen LogP contribution in [0.15, 0.2) is 29.2 Å². The molecule has 0 saturated carbocycles. The van der Waals surface area contributed by atoms with Crippen LogP contribution in [0.1, 0.15) is 52.5 Å². The summed E-state index contributed by atoms with van der Waals surface area (Å²) in [5.74, 6) is 0.426. The van der Waals surface area contributed by atoms with E-state index in [2.05, 4.69) is 18.7 Å². The van der Waals surface area contributed by atoms with Crippen molar-refractivity contribution in [3.63, 3.8) is 0 Å². The minimum Gasteiger partial charge on any atom is -0.281 e. The zero-order chi connectivity index (χ0) is 14.7. The molecule has 0 fully saturated rings. The number of hydrogen-bond acceptors (Lipinski definition) is 3. The van der Waals surface area contributed by atoms with Gasteiger partial charge in [0.15, 0.2) is 0 Å². The molecule has 4 nitrogen and oxygen atoms in total. The van der Waals surface area contributed by atoms with Gasteiger partial charge >= 0.3 is 0 Å². The quantitative estimate of drug-likeness (QED) is 0.845. The fourth-order valence-corrected chi connectivity index (χ4v) is 2.39. The monoisotopic (exact) mass is 285 g/mol. The van der Waals surface area contributed by atoms with Gasteiger partial charge in [-0.25, -0.2) is 8.42 Å². The Morgan fingerprint density at radius 3 is 2.16 bits per heavy atom. The SMILES string of the molecule is CCC(C)c1ccc(S(=O)(=O)NOC(C)(C)C)cc1. The highest BCUT2D eigenvalue weighted by atomic mass is 32.2. The van der Waals surface area contributed by atoms with Crippen molar-refractivity contribution in [2.24, 2.45) is 0 Å². The molecule has 1 rings (SSSR count). The Morgan fingerprint density at radius 2 is 1.74 bits per heavy atom. The second-order valence-corrected chi connectivity index (χ2v) is 7.32. The van der Waals surface area contributed by atoms with E-state index in [1.54, 1.807) is 32.9 Å². The van der Waals surface area contributed by atoms with Crippen LogP contribution in [-0.4, -0.2) is 14.0 Å². The van der Waals surface area contributed by atoms with E-state index >= 15 is 0 Å². The molecule has 1 aromatic carbocycles. The summed E-state index contributed by atoms with van der Waals surface area (Å²) in [6, 6.07) is 6.91. The molecule has 1 unspecified atom stereocenters. The van der Waals surface area contributed by atoms with Crippen molar-refractivity contribution in [3.05, 3.63) is 29.8 Å². The molecule has 1 aromatic rings. The first-order valence-corrected chi connectivity index (χ1v) is 7.94. The summed E-state index contributed by atoms with van der Waals surface area (Å²) >= 11 is 0. The van der Waals surface area contributed by atoms with Gasteiger partial charge in [-0.1, -0.05) is 30.9 Å². The lowest BCUT2D eigenvalue weighted by atomic mass is 9.99. The predicted molar refractivity (Wildman–Crippen MR) is 76.3 cm³/mol. The zero-order valence-electron chi connectivity index (χ0n) is 12.2. The summed E-state index contributed by atoms with van der Waals surface area (Å²) in [5.41, 5.74) is 0.571. The zero-order valence-corrected chi connectivity index (χ0v) is 13.0. The van der Waals surface area contributed by atoms with Crippen LogP contribution in [0.3, 0.4) is 0 Å². The molecule has 19 heavy (non-hydrogen) atoms. The van der Waals surface area contributed by atoms with E-state index in [1.807, 2.05) is 12.1 Å². The smallest absolute Gasteiger partial charge is 0.262 e. The molecule has 5 heteroatoms. The average Bonchev–Trinajstić information content (AvgIpc) is 2.35. The van der Waals surface area contributed by atoms with Crippen molar-refractivity contribution in [1.82, 2.24) is 4.89 Å². The topological polar surface area (TPSA) is 55.4 Å². The molecule has 0 radical (unpaired) electrons. The Labute approximate surface area is 116 Å². The second kappa shape index (κ2) is 6.03. The van der Waals surface area contributed by atoms with Gasteiger partial charge in [0.05, 0.1) is 10.5 Å². The third-order valence-corrected chi connectivity index (χ3v) is 4.02. The second-order valence-electron chi connectivity index (χ2n) is 5.68. The van der Waals surface area contributed by atoms with E-state index in [4.69, 9.17) is 4.84 Å². The van der Waals surface area contributed by atoms with Gasteiger partial charge in [-0.2, -0.15) is 0 Å². The van der Waals surface area contributed by atoms with Crippen molar-refractivity contribution < 1.29 is 13.3 Å². The molecule has 0 heterocycles. The van der Waals surface area contributed by atoms with Crippen LogP contribution in [0.2, 0.25) is 0 Å². The maximum atomic E-state index is 12.0. The molecule has 0 aromatic heterocycles. The lowest BCUT2D eigenvalue weighted by Gasteiger charge is -2.19. The summed E-state index contributed by atoms with van der Waals surface area (Å²) in [4.78, 5) is 7.47. The van der Waals surface area contributed by atoms with Gasteiger partial charge in [0.2, 0.25) is 0 Å². The minimum atomic E-state index is -3.61. The molecule has 1 N–H and O–H groups in total. The van der Waals surface area contributed by atoms with Crippen molar-refractivity contribution in [2.45, 2.75) is 57.5 Å². The first-order valence-electron chi connectivity index (χ1n) is 6.45. The molecule has 0 aliphatic carbocycles. The molecule has 0 amide bonds. The fourth-order valence-electron chi connectivity index (χ4n) is 1.44. The molecule has 108 valence electrons. The normalized spacial score (nSPS) is 14.4. The summed E-state index contributed by atoms with van der Waals surface area (Å²) in [6.45, 7) is 9.56. The van der Waals surface area contributed by atoms with Crippen molar-refractivity contribution >= 4 is 10.0 Å². The van der Waals surface area contributed by atoms with Crippen LogP contribution in [0.5, 0.6) is 0 Å². The molecular weight excluding hydrogens is 262 g/mol. The van der Waals surface area contributed by atoms with Crippen LogP contribution in [0.25, 0.3) is 0 Å². The molecule has 0 aliphatic heterocycles. The lowest BCUT2D eigenvalue weighted by Crippen LogP contribution is -2.33. The van der Waals surface area contributed by atoms with Gasteiger partial charge in [0.25, 0.3) is 10.0 Å². The van der Waals surface area contributed by atoms with Crippen LogP contribution in [0, 0.1) is 0 Å². The van der Waals surface area contributed by atoms with Crippen LogP contribution in [0.4, 0.5) is 0 Å². The first kappa shape index (κ1) is 16.1. The number of rotatable bonds is 5. The van der Waals surface area contributed by atoms with Crippen molar-refractivity contribution in [3.8, 4) is 0 Å². The average molecular weight is 285 g/mol. The van der Waals surface area contributed by atoms with E-state index in [0.717, 1.165) is 12.0 Å². The standard InChI is InChI=1S/C14H23NO3S/c1-6-11(2)12-7-9-13(10-8-12)19(16,17)15-18-14(3,4)5/h7-11,15H,6H2,1-5H3. The Morgan fingerprint density at radius 1 is 1.21 bits per heavy atom. The van der Waals surface area contributed by atoms with Crippen molar-refractivity contribution in [1.29, 1.82) is 0 Å². The highest BCUT2D eigenvalue weighted by Gasteiger charge is 2.19. The van der Waals surface area contributed by atoms with Crippen LogP contribution < -0.4 is 4.89 Å². The van der Waals surface area contributed by atoms with Gasteiger partial charge < -0.3 is 0 Å². The molecule has 0 saturated heterocycles. The third kappa shape index (κ3) is 4.93. The highest BCUT2D eigenvalue weighted by Crippen LogP contribution is 2.20. The van der Waals surface area contributed by atoms with E-state index < -0.39 is 15.6 Å². The number of benzene rings is 1. The number of hydrogen-bond donors (Lipinski definition) is 1. The number of nitrogens with one attached hydrogen (secondary N) is 1. The van der Waals surface area contributed by atoms with E-state index in [-0.39, 0.29) is 4.90 Å². The number of sulfonamides is 1. The van der Waals surface area contributed by atoms with E-state index in [9.17, 15) is 8.42 Å². The first-order chi connectivity index (χ1) is 8.65. The van der Waals surface area contributed by atoms with Crippen molar-refractivity contribution in [2.75, 3.05) is 0 Å². The predicted octanol–water partition coefficient (Wildman–Crippen LogP) is 3.21. The molecule has 0 bridgehead atoms. The van der Waals surface area contributed by atoms with E-state index in [1.165, 1.54) is 0 Å². The Kier molecular flexibility index (Phi) is 5.12. The lowest BCUT2D eigenvalue weighted by molar-refractivity contribution is -0.0357. The maximum absolute atomic E-state index is 12.0. The summed E-state index contributed by atoms with van der Waals surface area (Å²) in [7, 11) is -3.61. The van der Waals surface area contributed by atoms with Gasteiger partial charge in [0, 0.05) is 0 Å². The Balaban J connectivity index is 2.85. The minimum absolute atomic E-state index is 0.212. The highest BCUT2D eigenvalue weighted by molar-refractivity contribution is 7.89. The maximum Gasteiger partial charge on any atom is 0.262 e. The molecule has 1 atom stereocenters. The van der Waals surface area contributed by atoms with Gasteiger partial charge in [0.1, 0.15) is 0 Å². The third-order valence-electron chi connectivity index (χ3n) is 2.83. The van der Waals surface area contributed by atoms with Crippen LogP contribution in [-0.2, 0) is 14.9 Å². The Bertz CT molecular complexity index is 500. The van der Waals surface area contributed by atoms with Gasteiger partial charge in [-0.3, -0.25) is 4.84 Å². The largest absolute Gasteiger partial charge is 0.281 e. The molecule has 0 aliphatic rings.